The number of carbonyl (C=O) groups excluding carboxylic acids is 2. The number of aryl methyl sites for hydroxylation is 1. The Morgan fingerprint density at radius 1 is 0.783 bits per heavy atom. The molecule has 2 aromatic carbocycles. The van der Waals surface area contributed by atoms with Gasteiger partial charge in [0.2, 0.25) is 5.78 Å². The number of fused-ring (bicyclic) bond motifs is 1. The third-order valence-electron chi connectivity index (χ3n) is 4.01. The van der Waals surface area contributed by atoms with Gasteiger partial charge in [0.15, 0.2) is 5.78 Å². The van der Waals surface area contributed by atoms with E-state index in [0.717, 1.165) is 19.3 Å². The first-order valence-electron chi connectivity index (χ1n) is 7.93. The van der Waals surface area contributed by atoms with Crippen LogP contribution in [0.3, 0.4) is 0 Å². The molecule has 0 saturated heterocycles. The molecule has 0 bridgehead atoms. The Morgan fingerprint density at radius 3 is 2.26 bits per heavy atom. The summed E-state index contributed by atoms with van der Waals surface area (Å²) in [5.74, 6) is -0.199. The molecule has 3 rings (SSSR count). The van der Waals surface area contributed by atoms with Crippen LogP contribution in [-0.2, 0) is 6.42 Å². The first-order valence-corrected chi connectivity index (χ1v) is 7.93. The molecule has 1 aliphatic rings. The second-order valence-electron chi connectivity index (χ2n) is 5.67. The van der Waals surface area contributed by atoms with Crippen molar-refractivity contribution in [3.05, 3.63) is 83.1 Å². The van der Waals surface area contributed by atoms with E-state index in [1.165, 1.54) is 11.6 Å². The van der Waals surface area contributed by atoms with E-state index in [0.29, 0.717) is 23.4 Å². The van der Waals surface area contributed by atoms with Crippen molar-refractivity contribution in [3.8, 4) is 0 Å². The summed E-state index contributed by atoms with van der Waals surface area (Å²) in [6, 6.07) is 17.3. The van der Waals surface area contributed by atoms with Crippen LogP contribution in [0.2, 0.25) is 0 Å². The number of carbonyl (C=O) groups is 2. The molecule has 3 heteroatoms. The van der Waals surface area contributed by atoms with Gasteiger partial charge in [-0.15, -0.1) is 0 Å². The fraction of sp³-hybridized carbons (Fsp3) is 0.200. The van der Waals surface area contributed by atoms with Gasteiger partial charge in [-0.05, 0) is 24.8 Å². The molecular weight excluding hydrogens is 286 g/mol. The van der Waals surface area contributed by atoms with Gasteiger partial charge >= 0.3 is 0 Å². The standard InChI is InChI=1S/C20H19NO2/c22-19-14-18(20(23)17-12-5-4-11-16(17)19)21-13-7-6-10-15-8-2-1-3-9-15/h1-5,8-9,11-12,14,21H,6-7,10,13H2. The van der Waals surface area contributed by atoms with Crippen LogP contribution in [0.15, 0.2) is 66.4 Å². The first kappa shape index (κ1) is 15.2. The zero-order valence-corrected chi connectivity index (χ0v) is 12.9. The van der Waals surface area contributed by atoms with Crippen molar-refractivity contribution in [2.75, 3.05) is 6.54 Å². The van der Waals surface area contributed by atoms with Crippen molar-refractivity contribution in [2.45, 2.75) is 19.3 Å². The number of hydrogen-bond donors (Lipinski definition) is 1. The van der Waals surface area contributed by atoms with Gasteiger partial charge in [-0.3, -0.25) is 9.59 Å². The monoisotopic (exact) mass is 305 g/mol. The lowest BCUT2D eigenvalue weighted by molar-refractivity contribution is 0.0978. The second kappa shape index (κ2) is 7.05. The van der Waals surface area contributed by atoms with Crippen LogP contribution in [0.5, 0.6) is 0 Å². The molecular formula is C20H19NO2. The van der Waals surface area contributed by atoms with Crippen LogP contribution in [0, 0.1) is 0 Å². The predicted octanol–water partition coefficient (Wildman–Crippen LogP) is 3.56. The molecule has 2 aromatic rings. The Balaban J connectivity index is 1.51. The third-order valence-corrected chi connectivity index (χ3v) is 4.01. The van der Waals surface area contributed by atoms with Gasteiger partial charge < -0.3 is 5.32 Å². The number of hydrogen-bond acceptors (Lipinski definition) is 3. The largest absolute Gasteiger partial charge is 0.382 e. The summed E-state index contributed by atoms with van der Waals surface area (Å²) in [5, 5.41) is 3.12. The van der Waals surface area contributed by atoms with E-state index in [-0.39, 0.29) is 11.6 Å². The molecule has 0 spiro atoms. The number of benzene rings is 2. The van der Waals surface area contributed by atoms with E-state index < -0.39 is 0 Å². The summed E-state index contributed by atoms with van der Waals surface area (Å²) in [6.07, 6.45) is 4.44. The maximum Gasteiger partial charge on any atom is 0.209 e. The van der Waals surface area contributed by atoms with Gasteiger partial charge in [0, 0.05) is 23.7 Å². The topological polar surface area (TPSA) is 46.2 Å². The average molecular weight is 305 g/mol. The average Bonchev–Trinajstić information content (AvgIpc) is 2.60. The molecule has 0 aromatic heterocycles. The lowest BCUT2D eigenvalue weighted by Crippen LogP contribution is -2.27. The van der Waals surface area contributed by atoms with E-state index in [1.54, 1.807) is 24.3 Å². The zero-order valence-electron chi connectivity index (χ0n) is 12.9. The molecule has 23 heavy (non-hydrogen) atoms. The molecule has 0 atom stereocenters. The van der Waals surface area contributed by atoms with Crippen LogP contribution in [0.1, 0.15) is 39.1 Å². The minimum Gasteiger partial charge on any atom is -0.382 e. The highest BCUT2D eigenvalue weighted by atomic mass is 16.1. The third kappa shape index (κ3) is 3.57. The SMILES string of the molecule is O=C1C=C(NCCCCc2ccccc2)C(=O)c2ccccc21. The Morgan fingerprint density at radius 2 is 1.48 bits per heavy atom. The summed E-state index contributed by atoms with van der Waals surface area (Å²) >= 11 is 0. The highest BCUT2D eigenvalue weighted by Crippen LogP contribution is 2.19. The summed E-state index contributed by atoms with van der Waals surface area (Å²) in [6.45, 7) is 0.694. The smallest absolute Gasteiger partial charge is 0.209 e. The number of unbranched alkanes of at least 4 members (excludes halogenated alkanes) is 1. The molecule has 0 fully saturated rings. The lowest BCUT2D eigenvalue weighted by atomic mass is 9.93. The van der Waals surface area contributed by atoms with Gasteiger partial charge in [-0.2, -0.15) is 0 Å². The number of rotatable bonds is 6. The lowest BCUT2D eigenvalue weighted by Gasteiger charge is -2.16. The van der Waals surface area contributed by atoms with Gasteiger partial charge in [0.25, 0.3) is 0 Å². The molecule has 1 aliphatic carbocycles. The maximum absolute atomic E-state index is 12.4. The Bertz CT molecular complexity index is 747. The number of nitrogens with one attached hydrogen (secondary N) is 1. The van der Waals surface area contributed by atoms with Crippen LogP contribution >= 0.6 is 0 Å². The fourth-order valence-corrected chi connectivity index (χ4v) is 2.77. The molecule has 116 valence electrons. The van der Waals surface area contributed by atoms with Gasteiger partial charge in [-0.1, -0.05) is 54.6 Å². The number of allylic oxidation sites excluding steroid dienone is 2. The quantitative estimate of drug-likeness (QED) is 0.830. The Kier molecular flexibility index (Phi) is 4.67. The Labute approximate surface area is 136 Å². The van der Waals surface area contributed by atoms with Crippen LogP contribution < -0.4 is 5.32 Å². The highest BCUT2D eigenvalue weighted by molar-refractivity contribution is 6.24. The minimum atomic E-state index is -0.105. The molecule has 0 saturated carbocycles. The molecule has 1 N–H and O–H groups in total. The van der Waals surface area contributed by atoms with Crippen molar-refractivity contribution in [3.63, 3.8) is 0 Å². The van der Waals surface area contributed by atoms with E-state index >= 15 is 0 Å². The normalized spacial score (nSPS) is 13.5. The summed E-state index contributed by atoms with van der Waals surface area (Å²) in [5.41, 5.74) is 2.72. The molecule has 0 aliphatic heterocycles. The van der Waals surface area contributed by atoms with Gasteiger partial charge in [0.1, 0.15) is 0 Å². The number of ketones is 2. The van der Waals surface area contributed by atoms with Crippen molar-refractivity contribution in [2.24, 2.45) is 0 Å². The van der Waals surface area contributed by atoms with E-state index in [4.69, 9.17) is 0 Å². The first-order chi connectivity index (χ1) is 11.3. The molecule has 0 heterocycles. The Hall–Kier alpha value is -2.68. The van der Waals surface area contributed by atoms with Crippen LogP contribution in [-0.4, -0.2) is 18.1 Å². The fourth-order valence-electron chi connectivity index (χ4n) is 2.77. The van der Waals surface area contributed by atoms with Crippen molar-refractivity contribution >= 4 is 11.6 Å². The highest BCUT2D eigenvalue weighted by Gasteiger charge is 2.24. The van der Waals surface area contributed by atoms with Gasteiger partial charge in [0.05, 0.1) is 5.70 Å². The maximum atomic E-state index is 12.4. The van der Waals surface area contributed by atoms with Crippen molar-refractivity contribution < 1.29 is 9.59 Å². The molecule has 0 radical (unpaired) electrons. The number of Topliss-reactive ketones (excluding diaryl/α,β-unsaturated/α-hetero) is 1. The zero-order chi connectivity index (χ0) is 16.1. The van der Waals surface area contributed by atoms with Crippen molar-refractivity contribution in [1.29, 1.82) is 0 Å². The second-order valence-corrected chi connectivity index (χ2v) is 5.67. The van der Waals surface area contributed by atoms with Crippen molar-refractivity contribution in [1.82, 2.24) is 5.32 Å². The predicted molar refractivity (Wildman–Crippen MR) is 90.6 cm³/mol. The summed E-state index contributed by atoms with van der Waals surface area (Å²) in [7, 11) is 0. The van der Waals surface area contributed by atoms with Crippen LogP contribution in [0.25, 0.3) is 0 Å². The van der Waals surface area contributed by atoms with Crippen LogP contribution in [0.4, 0.5) is 0 Å². The summed E-state index contributed by atoms with van der Waals surface area (Å²) in [4.78, 5) is 24.4. The van der Waals surface area contributed by atoms with E-state index in [2.05, 4.69) is 17.4 Å². The molecule has 0 unspecified atom stereocenters. The van der Waals surface area contributed by atoms with E-state index in [1.807, 2.05) is 18.2 Å². The molecule has 3 nitrogen and oxygen atoms in total. The minimum absolute atomic E-state index is 0.0942. The summed E-state index contributed by atoms with van der Waals surface area (Å²) < 4.78 is 0. The van der Waals surface area contributed by atoms with Gasteiger partial charge in [-0.25, -0.2) is 0 Å². The van der Waals surface area contributed by atoms with E-state index in [9.17, 15) is 9.59 Å². The molecule has 0 amide bonds.